The van der Waals surface area contributed by atoms with Gasteiger partial charge in [-0.25, -0.2) is 9.59 Å². The second-order valence-corrected chi connectivity index (χ2v) is 6.21. The van der Waals surface area contributed by atoms with Crippen LogP contribution in [0, 0.1) is 0 Å². The number of esters is 1. The van der Waals surface area contributed by atoms with Crippen molar-refractivity contribution in [3.8, 4) is 0 Å². The van der Waals surface area contributed by atoms with Gasteiger partial charge in [0.2, 0.25) is 5.60 Å². The van der Waals surface area contributed by atoms with Gasteiger partial charge >= 0.3 is 12.1 Å². The van der Waals surface area contributed by atoms with E-state index in [0.717, 1.165) is 5.56 Å². The zero-order valence-electron chi connectivity index (χ0n) is 13.7. The molecule has 0 aliphatic carbocycles. The summed E-state index contributed by atoms with van der Waals surface area (Å²) < 4.78 is 10.5. The van der Waals surface area contributed by atoms with Crippen LogP contribution < -0.4 is 10.6 Å². The molecule has 2 atom stereocenters. The molecule has 0 saturated carbocycles. The fourth-order valence-corrected chi connectivity index (χ4v) is 3.27. The number of amides is 2. The Morgan fingerprint density at radius 1 is 1.15 bits per heavy atom. The highest BCUT2D eigenvalue weighted by Crippen LogP contribution is 2.45. The Kier molecular flexibility index (Phi) is 3.84. The van der Waals surface area contributed by atoms with Crippen LogP contribution in [0.5, 0.6) is 0 Å². The summed E-state index contributed by atoms with van der Waals surface area (Å²) in [5.41, 5.74) is 0.639. The van der Waals surface area contributed by atoms with Crippen molar-refractivity contribution in [1.82, 2.24) is 5.32 Å². The lowest BCUT2D eigenvalue weighted by Crippen LogP contribution is -2.39. The molecule has 2 N–H and O–H groups in total. The van der Waals surface area contributed by atoms with E-state index in [4.69, 9.17) is 9.47 Å². The second-order valence-electron chi connectivity index (χ2n) is 6.21. The molecule has 2 aromatic rings. The molecule has 1 saturated heterocycles. The number of nitrogens with one attached hydrogen (secondary N) is 2. The number of para-hydroxylation sites is 1. The molecule has 2 heterocycles. The molecule has 0 bridgehead atoms. The van der Waals surface area contributed by atoms with Crippen molar-refractivity contribution in [2.45, 2.75) is 24.7 Å². The number of alkyl carbamates (subject to hydrolysis) is 1. The Bertz CT molecular complexity index is 883. The summed E-state index contributed by atoms with van der Waals surface area (Å²) in [6.45, 7) is 0.0862. The molecule has 0 radical (unpaired) electrons. The third kappa shape index (κ3) is 2.67. The Balaban J connectivity index is 1.44. The predicted octanol–water partition coefficient (Wildman–Crippen LogP) is 2.08. The third-order valence-electron chi connectivity index (χ3n) is 4.53. The van der Waals surface area contributed by atoms with Crippen LogP contribution in [0.15, 0.2) is 54.6 Å². The van der Waals surface area contributed by atoms with Crippen molar-refractivity contribution < 1.29 is 23.9 Å². The molecule has 2 aliphatic rings. The van der Waals surface area contributed by atoms with Crippen LogP contribution in [0.2, 0.25) is 0 Å². The highest BCUT2D eigenvalue weighted by atomic mass is 16.6. The molecule has 132 valence electrons. The minimum atomic E-state index is -1.40. The van der Waals surface area contributed by atoms with Crippen molar-refractivity contribution in [2.75, 3.05) is 5.32 Å². The zero-order chi connectivity index (χ0) is 18.1. The number of hydrogen-bond acceptors (Lipinski definition) is 5. The number of hydrogen-bond donors (Lipinski definition) is 2. The molecule has 2 aliphatic heterocycles. The summed E-state index contributed by atoms with van der Waals surface area (Å²) in [4.78, 5) is 36.6. The van der Waals surface area contributed by atoms with Gasteiger partial charge in [0.15, 0.2) is 0 Å². The summed E-state index contributed by atoms with van der Waals surface area (Å²) >= 11 is 0. The number of carbonyl (C=O) groups is 3. The standard InChI is InChI=1S/C19H16N2O5/c22-16-15(21-18(24)25-11-12-6-2-1-3-7-12)10-19(26-16)13-8-4-5-9-14(13)20-17(19)23/h1-9,15H,10-11H2,(H,20,23)(H,21,24)/t15-,19?/m0/s1. The quantitative estimate of drug-likeness (QED) is 0.825. The molecular formula is C19H16N2O5. The van der Waals surface area contributed by atoms with Gasteiger partial charge in [-0.15, -0.1) is 0 Å². The first-order valence-corrected chi connectivity index (χ1v) is 8.19. The number of fused-ring (bicyclic) bond motifs is 2. The number of rotatable bonds is 3. The monoisotopic (exact) mass is 352 g/mol. The molecule has 7 nitrogen and oxygen atoms in total. The molecule has 4 rings (SSSR count). The molecule has 26 heavy (non-hydrogen) atoms. The molecule has 0 aromatic heterocycles. The Morgan fingerprint density at radius 2 is 1.88 bits per heavy atom. The number of carbonyl (C=O) groups excluding carboxylic acids is 3. The first-order chi connectivity index (χ1) is 12.6. The molecular weight excluding hydrogens is 336 g/mol. The lowest BCUT2D eigenvalue weighted by molar-refractivity contribution is -0.156. The third-order valence-corrected chi connectivity index (χ3v) is 4.53. The summed E-state index contributed by atoms with van der Waals surface area (Å²) in [5, 5.41) is 5.20. The van der Waals surface area contributed by atoms with Crippen LogP contribution in [-0.2, 0) is 31.3 Å². The minimum Gasteiger partial charge on any atom is -0.445 e. The summed E-state index contributed by atoms with van der Waals surface area (Å²) in [7, 11) is 0. The van der Waals surface area contributed by atoms with E-state index in [1.54, 1.807) is 24.3 Å². The first-order valence-electron chi connectivity index (χ1n) is 8.19. The van der Waals surface area contributed by atoms with Crippen LogP contribution in [0.4, 0.5) is 10.5 Å². The summed E-state index contributed by atoms with van der Waals surface area (Å²) in [6, 6.07) is 15.3. The van der Waals surface area contributed by atoms with E-state index in [1.807, 2.05) is 30.3 Å². The van der Waals surface area contributed by atoms with E-state index in [9.17, 15) is 14.4 Å². The van der Waals surface area contributed by atoms with Crippen LogP contribution >= 0.6 is 0 Å². The molecule has 2 amide bonds. The van der Waals surface area contributed by atoms with E-state index in [0.29, 0.717) is 11.3 Å². The largest absolute Gasteiger partial charge is 0.445 e. The Morgan fingerprint density at radius 3 is 2.69 bits per heavy atom. The van der Waals surface area contributed by atoms with Crippen LogP contribution in [-0.4, -0.2) is 24.0 Å². The minimum absolute atomic E-state index is 0.0229. The molecule has 1 unspecified atom stereocenters. The second kappa shape index (κ2) is 6.18. The molecule has 2 aromatic carbocycles. The highest BCUT2D eigenvalue weighted by Gasteiger charge is 2.58. The average Bonchev–Trinajstić information content (AvgIpc) is 3.12. The Labute approximate surface area is 149 Å². The maximum absolute atomic E-state index is 12.4. The molecule has 7 heteroatoms. The van der Waals surface area contributed by atoms with E-state index in [-0.39, 0.29) is 13.0 Å². The van der Waals surface area contributed by atoms with E-state index < -0.39 is 29.6 Å². The lowest BCUT2D eigenvalue weighted by Gasteiger charge is -2.19. The van der Waals surface area contributed by atoms with Gasteiger partial charge in [-0.05, 0) is 11.6 Å². The highest BCUT2D eigenvalue weighted by molar-refractivity contribution is 6.08. The van der Waals surface area contributed by atoms with E-state index >= 15 is 0 Å². The van der Waals surface area contributed by atoms with Crippen molar-refractivity contribution in [2.24, 2.45) is 0 Å². The van der Waals surface area contributed by atoms with Crippen molar-refractivity contribution >= 4 is 23.7 Å². The first kappa shape index (κ1) is 16.1. The fourth-order valence-electron chi connectivity index (χ4n) is 3.27. The fraction of sp³-hybridized carbons (Fsp3) is 0.211. The summed E-state index contributed by atoms with van der Waals surface area (Å²) in [5.74, 6) is -1.07. The maximum Gasteiger partial charge on any atom is 0.408 e. The van der Waals surface area contributed by atoms with Crippen LogP contribution in [0.1, 0.15) is 17.5 Å². The normalized spacial score (nSPS) is 23.3. The number of ether oxygens (including phenoxy) is 2. The maximum atomic E-state index is 12.4. The molecule has 1 fully saturated rings. The Hall–Kier alpha value is -3.35. The SMILES string of the molecule is O=C(N[C@H]1CC2(OC1=O)C(=O)Nc1ccccc12)OCc1ccccc1. The lowest BCUT2D eigenvalue weighted by atomic mass is 9.91. The van der Waals surface area contributed by atoms with Gasteiger partial charge in [-0.2, -0.15) is 0 Å². The number of benzene rings is 2. The average molecular weight is 352 g/mol. The van der Waals surface area contributed by atoms with Crippen LogP contribution in [0.25, 0.3) is 0 Å². The van der Waals surface area contributed by atoms with E-state index in [1.165, 1.54) is 0 Å². The van der Waals surface area contributed by atoms with Gasteiger partial charge in [0.25, 0.3) is 5.91 Å². The van der Waals surface area contributed by atoms with Crippen LogP contribution in [0.3, 0.4) is 0 Å². The van der Waals surface area contributed by atoms with Gasteiger partial charge < -0.3 is 20.1 Å². The topological polar surface area (TPSA) is 93.7 Å². The van der Waals surface area contributed by atoms with E-state index in [2.05, 4.69) is 10.6 Å². The summed E-state index contributed by atoms with van der Waals surface area (Å²) in [6.07, 6.45) is -0.714. The van der Waals surface area contributed by atoms with Crippen molar-refractivity contribution in [1.29, 1.82) is 0 Å². The van der Waals surface area contributed by atoms with Gasteiger partial charge in [0.1, 0.15) is 12.6 Å². The smallest absolute Gasteiger partial charge is 0.408 e. The predicted molar refractivity (Wildman–Crippen MR) is 91.0 cm³/mol. The van der Waals surface area contributed by atoms with Gasteiger partial charge in [0.05, 0.1) is 0 Å². The zero-order valence-corrected chi connectivity index (χ0v) is 13.7. The molecule has 1 spiro atoms. The van der Waals surface area contributed by atoms with Gasteiger partial charge in [-0.3, -0.25) is 4.79 Å². The van der Waals surface area contributed by atoms with Crippen molar-refractivity contribution in [3.63, 3.8) is 0 Å². The van der Waals surface area contributed by atoms with Crippen molar-refractivity contribution in [3.05, 3.63) is 65.7 Å². The van der Waals surface area contributed by atoms with Gasteiger partial charge in [0, 0.05) is 17.7 Å². The number of anilines is 1. The van der Waals surface area contributed by atoms with Gasteiger partial charge in [-0.1, -0.05) is 48.5 Å².